The van der Waals surface area contributed by atoms with Crippen molar-refractivity contribution in [3.8, 4) is 0 Å². The Bertz CT molecular complexity index is 1020. The van der Waals surface area contributed by atoms with Gasteiger partial charge in [0.05, 0.1) is 11.0 Å². The summed E-state index contributed by atoms with van der Waals surface area (Å²) in [5.41, 5.74) is 3.50. The van der Waals surface area contributed by atoms with Gasteiger partial charge in [-0.2, -0.15) is 0 Å². The summed E-state index contributed by atoms with van der Waals surface area (Å²) in [4.78, 5) is 8.28. The van der Waals surface area contributed by atoms with Crippen molar-refractivity contribution >= 4 is 22.8 Å². The van der Waals surface area contributed by atoms with Gasteiger partial charge in [-0.25, -0.2) is 18.2 Å². The fraction of sp³-hybridized carbons (Fsp3) is 0.273. The third-order valence-corrected chi connectivity index (χ3v) is 4.53. The lowest BCUT2D eigenvalue weighted by atomic mass is 10.0. The van der Waals surface area contributed by atoms with E-state index in [0.717, 1.165) is 43.4 Å². The largest absolute Gasteiger partial charge is 0.328 e. The second-order valence-electron chi connectivity index (χ2n) is 6.57. The van der Waals surface area contributed by atoms with Crippen molar-refractivity contribution in [3.05, 3.63) is 71.3 Å². The van der Waals surface area contributed by atoms with Gasteiger partial charge >= 0.3 is 0 Å². The molecule has 0 unspecified atom stereocenters. The van der Waals surface area contributed by atoms with Crippen LogP contribution in [0.25, 0.3) is 16.6 Å². The highest BCUT2D eigenvalue weighted by Gasteiger charge is 2.11. The molecule has 3 nitrogen and oxygen atoms in total. The minimum atomic E-state index is -0.844. The number of allylic oxidation sites excluding steroid dienone is 1. The normalized spacial score (nSPS) is 13.2. The molecule has 0 saturated carbocycles. The maximum Gasteiger partial charge on any atom is 0.161 e. The van der Waals surface area contributed by atoms with Crippen LogP contribution in [0.1, 0.15) is 31.2 Å². The molecular formula is C22H22F3N3. The molecule has 0 spiro atoms. The first-order valence-corrected chi connectivity index (χ1v) is 9.26. The Kier molecular flexibility index (Phi) is 6.29. The van der Waals surface area contributed by atoms with E-state index in [1.807, 2.05) is 30.7 Å². The number of aryl methyl sites for hydroxylation is 2. The van der Waals surface area contributed by atoms with Gasteiger partial charge < -0.3 is 4.57 Å². The minimum Gasteiger partial charge on any atom is -0.328 e. The van der Waals surface area contributed by atoms with Crippen LogP contribution in [-0.4, -0.2) is 22.3 Å². The molecule has 0 aliphatic carbocycles. The first-order valence-electron chi connectivity index (χ1n) is 9.26. The minimum absolute atomic E-state index is 0.186. The van der Waals surface area contributed by atoms with Gasteiger partial charge in [0.25, 0.3) is 0 Å². The zero-order valence-electron chi connectivity index (χ0n) is 15.9. The van der Waals surface area contributed by atoms with Gasteiger partial charge in [-0.1, -0.05) is 19.1 Å². The summed E-state index contributed by atoms with van der Waals surface area (Å²) in [6, 6.07) is 8.94. The number of fused-ring (bicyclic) bond motifs is 1. The van der Waals surface area contributed by atoms with Crippen molar-refractivity contribution in [1.82, 2.24) is 9.55 Å². The number of hydrogen-bond donors (Lipinski definition) is 0. The molecular weight excluding hydrogens is 363 g/mol. The van der Waals surface area contributed by atoms with Crippen LogP contribution in [-0.2, 0) is 6.54 Å². The first kappa shape index (κ1) is 19.9. The number of aliphatic imine (C=N–C) groups is 1. The highest BCUT2D eigenvalue weighted by atomic mass is 19.2. The van der Waals surface area contributed by atoms with Crippen molar-refractivity contribution in [2.75, 3.05) is 6.54 Å². The number of halogens is 3. The maximum absolute atomic E-state index is 13.1. The summed E-state index contributed by atoms with van der Waals surface area (Å²) in [5.74, 6) is -1.06. The van der Waals surface area contributed by atoms with Crippen molar-refractivity contribution in [2.24, 2.45) is 4.99 Å². The summed E-state index contributed by atoms with van der Waals surface area (Å²) in [6.45, 7) is 5.48. The summed E-state index contributed by atoms with van der Waals surface area (Å²) in [7, 11) is 0. The van der Waals surface area contributed by atoms with Crippen LogP contribution in [0.15, 0.2) is 47.5 Å². The molecule has 0 saturated heterocycles. The van der Waals surface area contributed by atoms with Crippen LogP contribution >= 0.6 is 0 Å². The van der Waals surface area contributed by atoms with E-state index >= 15 is 0 Å². The number of aromatic nitrogens is 2. The molecule has 0 N–H and O–H groups in total. The maximum atomic E-state index is 13.1. The van der Waals surface area contributed by atoms with Crippen molar-refractivity contribution in [3.63, 3.8) is 0 Å². The highest BCUT2D eigenvalue weighted by Crippen LogP contribution is 2.20. The highest BCUT2D eigenvalue weighted by molar-refractivity contribution is 5.86. The summed E-state index contributed by atoms with van der Waals surface area (Å²) >= 11 is 0. The summed E-state index contributed by atoms with van der Waals surface area (Å²) in [6.07, 6.45) is 5.67. The van der Waals surface area contributed by atoms with Crippen LogP contribution < -0.4 is 0 Å². The zero-order valence-corrected chi connectivity index (χ0v) is 15.9. The van der Waals surface area contributed by atoms with E-state index in [0.29, 0.717) is 11.0 Å². The zero-order chi connectivity index (χ0) is 20.1. The second-order valence-corrected chi connectivity index (χ2v) is 6.57. The number of benzene rings is 2. The summed E-state index contributed by atoms with van der Waals surface area (Å²) < 4.78 is 40.5. The Labute approximate surface area is 162 Å². The number of rotatable bonds is 3. The second kappa shape index (κ2) is 8.87. The van der Waals surface area contributed by atoms with Gasteiger partial charge in [0, 0.05) is 31.4 Å². The molecule has 1 aliphatic rings. The topological polar surface area (TPSA) is 30.2 Å². The van der Waals surface area contributed by atoms with E-state index in [4.69, 9.17) is 0 Å². The molecule has 1 aromatic heterocycles. The molecule has 1 aliphatic heterocycles. The Morgan fingerprint density at radius 2 is 1.75 bits per heavy atom. The van der Waals surface area contributed by atoms with Gasteiger partial charge in [0.15, 0.2) is 11.6 Å². The van der Waals surface area contributed by atoms with Gasteiger partial charge in [-0.3, -0.25) is 4.99 Å². The Hall–Kier alpha value is -2.89. The molecule has 0 fully saturated rings. The van der Waals surface area contributed by atoms with Gasteiger partial charge in [-0.05, 0) is 49.1 Å². The average Bonchev–Trinajstić information content (AvgIpc) is 2.99. The molecule has 146 valence electrons. The molecule has 0 amide bonds. The predicted octanol–water partition coefficient (Wildman–Crippen LogP) is 5.72. The average molecular weight is 385 g/mol. The molecule has 2 heterocycles. The third-order valence-electron chi connectivity index (χ3n) is 4.53. The third kappa shape index (κ3) is 4.50. The summed E-state index contributed by atoms with van der Waals surface area (Å²) in [5, 5.41) is 0. The number of hydrogen-bond acceptors (Lipinski definition) is 2. The van der Waals surface area contributed by atoms with E-state index in [2.05, 4.69) is 9.98 Å². The van der Waals surface area contributed by atoms with Crippen LogP contribution in [0.4, 0.5) is 13.2 Å². The fourth-order valence-electron chi connectivity index (χ4n) is 3.14. The Morgan fingerprint density at radius 3 is 2.39 bits per heavy atom. The smallest absolute Gasteiger partial charge is 0.161 e. The van der Waals surface area contributed by atoms with E-state index < -0.39 is 11.6 Å². The quantitative estimate of drug-likeness (QED) is 0.567. The SMILES string of the molecule is CCCn1c(C)nc2cc(F)c(F)cc21.Fc1ccc(C2=CC=NCC2)cc1. The molecule has 0 radical (unpaired) electrons. The molecule has 0 atom stereocenters. The van der Waals surface area contributed by atoms with Crippen LogP contribution in [0.3, 0.4) is 0 Å². The number of dihydropyridines is 1. The van der Waals surface area contributed by atoms with E-state index in [1.54, 1.807) is 12.1 Å². The molecule has 3 aromatic rings. The molecule has 2 aromatic carbocycles. The van der Waals surface area contributed by atoms with Crippen molar-refractivity contribution in [2.45, 2.75) is 33.2 Å². The molecule has 0 bridgehead atoms. The fourth-order valence-corrected chi connectivity index (χ4v) is 3.14. The predicted molar refractivity (Wildman–Crippen MR) is 107 cm³/mol. The monoisotopic (exact) mass is 385 g/mol. The Balaban J connectivity index is 0.000000162. The lowest BCUT2D eigenvalue weighted by molar-refractivity contribution is 0.510. The number of imidazole rings is 1. The van der Waals surface area contributed by atoms with Gasteiger partial charge in [-0.15, -0.1) is 0 Å². The van der Waals surface area contributed by atoms with Crippen molar-refractivity contribution in [1.29, 1.82) is 0 Å². The van der Waals surface area contributed by atoms with E-state index in [9.17, 15) is 13.2 Å². The Morgan fingerprint density at radius 1 is 1.04 bits per heavy atom. The van der Waals surface area contributed by atoms with Gasteiger partial charge in [0.2, 0.25) is 0 Å². The lowest BCUT2D eigenvalue weighted by Gasteiger charge is -2.08. The van der Waals surface area contributed by atoms with E-state index in [1.165, 1.54) is 23.8 Å². The van der Waals surface area contributed by atoms with Crippen LogP contribution in [0.5, 0.6) is 0 Å². The van der Waals surface area contributed by atoms with Gasteiger partial charge in [0.1, 0.15) is 11.6 Å². The standard InChI is InChI=1S/C11H12F2N2.C11H10FN/c1-3-4-15-7(2)14-10-5-8(12)9(13)6-11(10)15;12-11-3-1-9(2-4-11)10-5-7-13-8-6-10/h5-6H,3-4H2,1-2H3;1-5,7H,6,8H2. The first-order chi connectivity index (χ1) is 13.5. The molecule has 6 heteroatoms. The van der Waals surface area contributed by atoms with Crippen molar-refractivity contribution < 1.29 is 13.2 Å². The lowest BCUT2D eigenvalue weighted by Crippen LogP contribution is -1.99. The van der Waals surface area contributed by atoms with Crippen LogP contribution in [0, 0.1) is 24.4 Å². The molecule has 28 heavy (non-hydrogen) atoms. The number of nitrogens with zero attached hydrogens (tertiary/aromatic N) is 3. The van der Waals surface area contributed by atoms with Crippen LogP contribution in [0.2, 0.25) is 0 Å². The van der Waals surface area contributed by atoms with E-state index in [-0.39, 0.29) is 5.82 Å². The molecule has 4 rings (SSSR count).